The standard InChI is InChI=1S/C24H27O.Zr/c1-17(12-13-25)14-18-15-20-6-5-7-22(23(20)16-18)19-8-10-21(11-9-19)24(2,3)4;/h5-11,13,15-17H,12,14H2,1-4H3;/q-1;. The van der Waals surface area contributed by atoms with Crippen molar-refractivity contribution in [3.63, 3.8) is 0 Å². The van der Waals surface area contributed by atoms with E-state index in [-0.39, 0.29) is 31.6 Å². The van der Waals surface area contributed by atoms with Crippen molar-refractivity contribution in [2.75, 3.05) is 0 Å². The van der Waals surface area contributed by atoms with Crippen LogP contribution in [-0.2, 0) is 42.8 Å². The molecule has 26 heavy (non-hydrogen) atoms. The molecule has 134 valence electrons. The first-order chi connectivity index (χ1) is 11.9. The molecule has 0 aliphatic carbocycles. The topological polar surface area (TPSA) is 17.1 Å². The van der Waals surface area contributed by atoms with Crippen LogP contribution in [0.3, 0.4) is 0 Å². The fourth-order valence-electron chi connectivity index (χ4n) is 3.47. The number of fused-ring (bicyclic) bond motifs is 1. The number of carbonyl (C=O) groups excluding carboxylic acids is 1. The number of hydrogen-bond acceptors (Lipinski definition) is 1. The van der Waals surface area contributed by atoms with Gasteiger partial charge in [0, 0.05) is 32.6 Å². The largest absolute Gasteiger partial charge is 0.303 e. The number of rotatable bonds is 5. The Morgan fingerprint density at radius 1 is 1.08 bits per heavy atom. The Balaban J connectivity index is 0.00000243. The second kappa shape index (κ2) is 8.53. The van der Waals surface area contributed by atoms with Gasteiger partial charge in [0.05, 0.1) is 0 Å². The van der Waals surface area contributed by atoms with Crippen LogP contribution >= 0.6 is 0 Å². The average molecular weight is 423 g/mol. The number of carbonyl (C=O) groups is 1. The van der Waals surface area contributed by atoms with Gasteiger partial charge < -0.3 is 4.79 Å². The third-order valence-corrected chi connectivity index (χ3v) is 4.96. The molecule has 0 spiro atoms. The zero-order valence-corrected chi connectivity index (χ0v) is 18.6. The molecular weight excluding hydrogens is 395 g/mol. The maximum Gasteiger partial charge on any atom is 0.120 e. The summed E-state index contributed by atoms with van der Waals surface area (Å²) in [6.07, 6.45) is 2.61. The maximum atomic E-state index is 10.7. The summed E-state index contributed by atoms with van der Waals surface area (Å²) in [7, 11) is 0. The van der Waals surface area contributed by atoms with E-state index in [4.69, 9.17) is 0 Å². The fraction of sp³-hybridized carbons (Fsp3) is 0.333. The molecule has 0 aromatic heterocycles. The van der Waals surface area contributed by atoms with Crippen molar-refractivity contribution in [3.05, 3.63) is 65.7 Å². The molecule has 0 heterocycles. The molecule has 0 radical (unpaired) electrons. The van der Waals surface area contributed by atoms with Crippen LogP contribution in [0.5, 0.6) is 0 Å². The van der Waals surface area contributed by atoms with Crippen LogP contribution in [0.15, 0.2) is 54.6 Å². The third kappa shape index (κ3) is 4.66. The van der Waals surface area contributed by atoms with Gasteiger partial charge in [-0.2, -0.15) is 6.07 Å². The molecule has 0 bridgehead atoms. The van der Waals surface area contributed by atoms with Gasteiger partial charge in [0.1, 0.15) is 6.29 Å². The van der Waals surface area contributed by atoms with Gasteiger partial charge in [-0.25, -0.2) is 0 Å². The van der Waals surface area contributed by atoms with E-state index >= 15 is 0 Å². The molecule has 3 aromatic rings. The van der Waals surface area contributed by atoms with Crippen LogP contribution in [0.2, 0.25) is 0 Å². The first-order valence-electron chi connectivity index (χ1n) is 9.11. The van der Waals surface area contributed by atoms with Crippen molar-refractivity contribution in [2.24, 2.45) is 5.92 Å². The summed E-state index contributed by atoms with van der Waals surface area (Å²) in [5.41, 5.74) is 5.40. The summed E-state index contributed by atoms with van der Waals surface area (Å²) in [4.78, 5) is 10.7. The molecule has 0 aliphatic rings. The van der Waals surface area contributed by atoms with E-state index in [9.17, 15) is 4.79 Å². The monoisotopic (exact) mass is 421 g/mol. The summed E-state index contributed by atoms with van der Waals surface area (Å²) in [5, 5.41) is 2.59. The molecule has 1 nitrogen and oxygen atoms in total. The van der Waals surface area contributed by atoms with Crippen molar-refractivity contribution in [1.82, 2.24) is 0 Å². The second-order valence-corrected chi connectivity index (χ2v) is 8.21. The second-order valence-electron chi connectivity index (χ2n) is 8.21. The summed E-state index contributed by atoms with van der Waals surface area (Å²) >= 11 is 0. The van der Waals surface area contributed by atoms with Gasteiger partial charge in [-0.3, -0.25) is 0 Å². The predicted octanol–water partition coefficient (Wildman–Crippen LogP) is 6.29. The van der Waals surface area contributed by atoms with Gasteiger partial charge in [0.25, 0.3) is 0 Å². The van der Waals surface area contributed by atoms with Crippen molar-refractivity contribution >= 4 is 17.1 Å². The zero-order valence-electron chi connectivity index (χ0n) is 16.2. The Morgan fingerprint density at radius 3 is 2.38 bits per heavy atom. The molecular formula is C24H27OZr-. The molecule has 0 aliphatic heterocycles. The number of aldehydes is 1. The minimum Gasteiger partial charge on any atom is -0.303 e. The van der Waals surface area contributed by atoms with Crippen molar-refractivity contribution in [1.29, 1.82) is 0 Å². The molecule has 2 heteroatoms. The van der Waals surface area contributed by atoms with E-state index in [2.05, 4.69) is 82.3 Å². The van der Waals surface area contributed by atoms with Gasteiger partial charge in [0.2, 0.25) is 0 Å². The summed E-state index contributed by atoms with van der Waals surface area (Å²) in [6.45, 7) is 8.87. The van der Waals surface area contributed by atoms with Gasteiger partial charge in [-0.05, 0) is 28.9 Å². The molecule has 0 saturated heterocycles. The van der Waals surface area contributed by atoms with Crippen LogP contribution in [-0.4, -0.2) is 6.29 Å². The van der Waals surface area contributed by atoms with Crippen molar-refractivity contribution in [3.8, 4) is 11.1 Å². The molecule has 0 fully saturated rings. The Labute approximate surface area is 176 Å². The minimum atomic E-state index is 0. The molecule has 1 unspecified atom stereocenters. The van der Waals surface area contributed by atoms with E-state index in [0.717, 1.165) is 12.7 Å². The molecule has 3 rings (SSSR count). The number of benzene rings is 2. The Hall–Kier alpha value is -1.40. The minimum absolute atomic E-state index is 0. The van der Waals surface area contributed by atoms with Crippen LogP contribution in [0.25, 0.3) is 21.9 Å². The predicted molar refractivity (Wildman–Crippen MR) is 107 cm³/mol. The van der Waals surface area contributed by atoms with Crippen molar-refractivity contribution < 1.29 is 31.0 Å². The van der Waals surface area contributed by atoms with E-state index in [1.165, 1.54) is 33.0 Å². The average Bonchev–Trinajstić information content (AvgIpc) is 2.96. The maximum absolute atomic E-state index is 10.7. The first kappa shape index (κ1) is 20.9. The molecule has 0 N–H and O–H groups in total. The van der Waals surface area contributed by atoms with Crippen LogP contribution in [0, 0.1) is 5.92 Å². The van der Waals surface area contributed by atoms with Crippen LogP contribution < -0.4 is 0 Å². The van der Waals surface area contributed by atoms with E-state index in [1.54, 1.807) is 0 Å². The number of hydrogen-bond donors (Lipinski definition) is 0. The molecule has 1 atom stereocenters. The van der Waals surface area contributed by atoms with E-state index in [1.807, 2.05) is 0 Å². The van der Waals surface area contributed by atoms with Crippen LogP contribution in [0.1, 0.15) is 45.2 Å². The first-order valence-corrected chi connectivity index (χ1v) is 9.11. The van der Waals surface area contributed by atoms with Crippen LogP contribution in [0.4, 0.5) is 0 Å². The molecule has 0 amide bonds. The quantitative estimate of drug-likeness (QED) is 0.349. The molecule has 3 aromatic carbocycles. The smallest absolute Gasteiger partial charge is 0.120 e. The van der Waals surface area contributed by atoms with E-state index < -0.39 is 0 Å². The summed E-state index contributed by atoms with van der Waals surface area (Å²) < 4.78 is 0. The Bertz CT molecular complexity index is 865. The summed E-state index contributed by atoms with van der Waals surface area (Å²) in [6, 6.07) is 20.0. The van der Waals surface area contributed by atoms with Gasteiger partial charge in [-0.15, -0.1) is 34.5 Å². The van der Waals surface area contributed by atoms with Gasteiger partial charge >= 0.3 is 0 Å². The normalized spacial score (nSPS) is 12.6. The van der Waals surface area contributed by atoms with Gasteiger partial charge in [0.15, 0.2) is 0 Å². The Morgan fingerprint density at radius 2 is 1.77 bits per heavy atom. The van der Waals surface area contributed by atoms with Crippen molar-refractivity contribution in [2.45, 2.75) is 46.0 Å². The Kier molecular flexibility index (Phi) is 6.86. The fourth-order valence-corrected chi connectivity index (χ4v) is 3.47. The molecule has 0 saturated carbocycles. The van der Waals surface area contributed by atoms with Gasteiger partial charge in [-0.1, -0.05) is 63.6 Å². The third-order valence-electron chi connectivity index (χ3n) is 4.96. The SMILES string of the molecule is CC(CC=O)Cc1cc2c(-c3ccc(C(C)(C)C)cc3)cccc2[cH-]1.[Zr]. The van der Waals surface area contributed by atoms with E-state index in [0.29, 0.717) is 12.3 Å². The zero-order chi connectivity index (χ0) is 18.0. The summed E-state index contributed by atoms with van der Waals surface area (Å²) in [5.74, 6) is 0.392.